The summed E-state index contributed by atoms with van der Waals surface area (Å²) in [7, 11) is 0. The molecule has 9 heavy (non-hydrogen) atoms. The van der Waals surface area contributed by atoms with Crippen molar-refractivity contribution in [1.29, 1.82) is 0 Å². The van der Waals surface area contributed by atoms with Gasteiger partial charge in [-0.1, -0.05) is 23.8 Å². The van der Waals surface area contributed by atoms with Gasteiger partial charge in [-0.2, -0.15) is 0 Å². The van der Waals surface area contributed by atoms with Gasteiger partial charge in [-0.05, 0) is 0 Å². The fourth-order valence-corrected chi connectivity index (χ4v) is 0.674. The van der Waals surface area contributed by atoms with E-state index < -0.39 is 6.17 Å². The lowest BCUT2D eigenvalue weighted by molar-refractivity contribution is 0.930. The Balaban J connectivity index is 2.82. The predicted octanol–water partition coefficient (Wildman–Crippen LogP) is 0.320. The molecular formula is C4H4ClN3S. The van der Waals surface area contributed by atoms with Crippen LogP contribution in [0.4, 0.5) is 0 Å². The van der Waals surface area contributed by atoms with E-state index >= 15 is 0 Å². The van der Waals surface area contributed by atoms with Crippen molar-refractivity contribution in [3.05, 3.63) is 0 Å². The third-order valence-corrected chi connectivity index (χ3v) is 1.36. The molecule has 1 atom stereocenters. The second-order valence-corrected chi connectivity index (χ2v) is 2.30. The molecule has 1 unspecified atom stereocenters. The quantitative estimate of drug-likeness (QED) is 0.521. The van der Waals surface area contributed by atoms with Gasteiger partial charge in [0.15, 0.2) is 6.17 Å². The Bertz CT molecular complexity index is 198. The number of rotatable bonds is 0. The molecule has 0 aromatic rings. The van der Waals surface area contributed by atoms with E-state index in [1.54, 1.807) is 0 Å². The summed E-state index contributed by atoms with van der Waals surface area (Å²) in [6.07, 6.45) is 0.852. The molecule has 48 valence electrons. The van der Waals surface area contributed by atoms with Crippen LogP contribution in [0.2, 0.25) is 0 Å². The molecule has 1 aliphatic rings. The SMILES string of the molecule is NC1N=C(Cl)C=NC1=S. The van der Waals surface area contributed by atoms with E-state index in [9.17, 15) is 0 Å². The van der Waals surface area contributed by atoms with E-state index in [0.29, 0.717) is 10.2 Å². The number of aliphatic imine (C=N–C) groups is 2. The maximum Gasteiger partial charge on any atom is 0.152 e. The first kappa shape index (κ1) is 6.80. The molecule has 5 heteroatoms. The van der Waals surface area contributed by atoms with Gasteiger partial charge in [-0.3, -0.25) is 0 Å². The first-order valence-corrected chi connectivity index (χ1v) is 3.05. The highest BCUT2D eigenvalue weighted by atomic mass is 35.5. The van der Waals surface area contributed by atoms with Gasteiger partial charge in [0, 0.05) is 0 Å². The van der Waals surface area contributed by atoms with Gasteiger partial charge in [0.2, 0.25) is 0 Å². The predicted molar refractivity (Wildman–Crippen MR) is 42.4 cm³/mol. The van der Waals surface area contributed by atoms with Gasteiger partial charge in [0.05, 0.1) is 6.21 Å². The number of nitrogens with two attached hydrogens (primary N) is 1. The zero-order valence-corrected chi connectivity index (χ0v) is 5.99. The van der Waals surface area contributed by atoms with Crippen molar-refractivity contribution in [1.82, 2.24) is 0 Å². The van der Waals surface area contributed by atoms with Crippen LogP contribution >= 0.6 is 23.8 Å². The molecule has 0 radical (unpaired) electrons. The molecule has 0 amide bonds. The molecule has 0 saturated carbocycles. The molecule has 0 fully saturated rings. The van der Waals surface area contributed by atoms with Gasteiger partial charge < -0.3 is 5.73 Å². The van der Waals surface area contributed by atoms with Crippen LogP contribution in [0.25, 0.3) is 0 Å². The van der Waals surface area contributed by atoms with Crippen LogP contribution in [0.15, 0.2) is 9.98 Å². The van der Waals surface area contributed by atoms with E-state index in [2.05, 4.69) is 9.98 Å². The molecule has 1 rings (SSSR count). The van der Waals surface area contributed by atoms with E-state index in [0.717, 1.165) is 0 Å². The second-order valence-electron chi connectivity index (χ2n) is 1.49. The van der Waals surface area contributed by atoms with Crippen LogP contribution in [0.3, 0.4) is 0 Å². The van der Waals surface area contributed by atoms with E-state index in [1.807, 2.05) is 0 Å². The maximum atomic E-state index is 5.44. The Morgan fingerprint density at radius 3 is 2.89 bits per heavy atom. The van der Waals surface area contributed by atoms with Gasteiger partial charge in [0.25, 0.3) is 0 Å². The summed E-state index contributed by atoms with van der Waals surface area (Å²) in [5.74, 6) is 0. The third-order valence-electron chi connectivity index (χ3n) is 0.814. The standard InChI is InChI=1S/C4H4ClN3S/c5-2-1-7-4(9)3(6)8-2/h1,3H,6H2. The topological polar surface area (TPSA) is 50.7 Å². The van der Waals surface area contributed by atoms with Crippen molar-refractivity contribution >= 4 is 40.2 Å². The number of nitrogens with zero attached hydrogens (tertiary/aromatic N) is 2. The van der Waals surface area contributed by atoms with Crippen LogP contribution in [0.5, 0.6) is 0 Å². The van der Waals surface area contributed by atoms with Crippen LogP contribution in [0, 0.1) is 0 Å². The summed E-state index contributed by atoms with van der Waals surface area (Å²) in [5.41, 5.74) is 5.34. The van der Waals surface area contributed by atoms with Crippen LogP contribution in [-0.2, 0) is 0 Å². The van der Waals surface area contributed by atoms with Crippen molar-refractivity contribution in [3.63, 3.8) is 0 Å². The molecular weight excluding hydrogens is 158 g/mol. The smallest absolute Gasteiger partial charge is 0.152 e. The van der Waals surface area contributed by atoms with Crippen molar-refractivity contribution in [3.8, 4) is 0 Å². The largest absolute Gasteiger partial charge is 0.304 e. The Hall–Kier alpha value is -0.320. The van der Waals surface area contributed by atoms with Crippen LogP contribution in [0.1, 0.15) is 0 Å². The number of thiocarbonyl (C=S) groups is 1. The highest BCUT2D eigenvalue weighted by molar-refractivity contribution is 7.80. The normalized spacial score (nSPS) is 26.2. The Labute approximate surface area is 62.6 Å². The van der Waals surface area contributed by atoms with Gasteiger partial charge in [-0.25, -0.2) is 9.98 Å². The summed E-state index contributed by atoms with van der Waals surface area (Å²) in [6.45, 7) is 0. The summed E-state index contributed by atoms with van der Waals surface area (Å²) in [5, 5.41) is 0.302. The molecule has 0 spiro atoms. The van der Waals surface area contributed by atoms with Crippen molar-refractivity contribution in [2.75, 3.05) is 0 Å². The molecule has 0 aromatic heterocycles. The average Bonchev–Trinajstić information content (AvgIpc) is 1.80. The fraction of sp³-hybridized carbons (Fsp3) is 0.250. The minimum atomic E-state index is -0.530. The van der Waals surface area contributed by atoms with Crippen LogP contribution < -0.4 is 5.73 Å². The van der Waals surface area contributed by atoms with Gasteiger partial charge in [0.1, 0.15) is 10.2 Å². The lowest BCUT2D eigenvalue weighted by Crippen LogP contribution is -2.29. The zero-order valence-electron chi connectivity index (χ0n) is 4.41. The van der Waals surface area contributed by atoms with E-state index in [-0.39, 0.29) is 0 Å². The van der Waals surface area contributed by atoms with Gasteiger partial charge >= 0.3 is 0 Å². The fourth-order valence-electron chi connectivity index (χ4n) is 0.415. The number of hydrogen-bond donors (Lipinski definition) is 1. The maximum absolute atomic E-state index is 5.44. The first-order chi connectivity index (χ1) is 4.20. The summed E-state index contributed by atoms with van der Waals surface area (Å²) in [6, 6.07) is 0. The third kappa shape index (κ3) is 1.54. The summed E-state index contributed by atoms with van der Waals surface area (Å²) in [4.78, 5) is 7.82. The number of hydrogen-bond acceptors (Lipinski definition) is 3. The summed E-state index contributed by atoms with van der Waals surface area (Å²) >= 11 is 10.1. The minimum absolute atomic E-state index is 0.302. The van der Waals surface area contributed by atoms with Crippen LogP contribution in [-0.4, -0.2) is 22.5 Å². The van der Waals surface area contributed by atoms with Crippen molar-refractivity contribution < 1.29 is 0 Å². The highest BCUT2D eigenvalue weighted by Gasteiger charge is 2.09. The molecule has 0 bridgehead atoms. The Morgan fingerprint density at radius 1 is 1.78 bits per heavy atom. The summed E-state index contributed by atoms with van der Waals surface area (Å²) < 4.78 is 0. The Kier molecular flexibility index (Phi) is 1.90. The number of halogens is 1. The molecule has 0 aromatic carbocycles. The van der Waals surface area contributed by atoms with Crippen molar-refractivity contribution in [2.24, 2.45) is 15.7 Å². The lowest BCUT2D eigenvalue weighted by atomic mass is 10.5. The van der Waals surface area contributed by atoms with E-state index in [1.165, 1.54) is 6.21 Å². The van der Waals surface area contributed by atoms with Gasteiger partial charge in [-0.15, -0.1) is 0 Å². The highest BCUT2D eigenvalue weighted by Crippen LogP contribution is 1.98. The molecule has 0 saturated heterocycles. The lowest BCUT2D eigenvalue weighted by Gasteiger charge is -2.06. The first-order valence-electron chi connectivity index (χ1n) is 2.27. The average molecular weight is 162 g/mol. The Morgan fingerprint density at radius 2 is 2.44 bits per heavy atom. The molecule has 3 nitrogen and oxygen atoms in total. The zero-order chi connectivity index (χ0) is 6.85. The monoisotopic (exact) mass is 161 g/mol. The van der Waals surface area contributed by atoms with E-state index in [4.69, 9.17) is 29.6 Å². The van der Waals surface area contributed by atoms with Crippen molar-refractivity contribution in [2.45, 2.75) is 6.17 Å². The molecule has 0 aliphatic carbocycles. The minimum Gasteiger partial charge on any atom is -0.304 e. The molecule has 1 heterocycles. The molecule has 1 aliphatic heterocycles. The molecule has 2 N–H and O–H groups in total. The second kappa shape index (κ2) is 2.51.